The molecule has 0 aliphatic heterocycles. The summed E-state index contributed by atoms with van der Waals surface area (Å²) in [7, 11) is 0. The standard InChI is InChI=1S/C12H23NO/c1-5-8-13(9-6-2)10-12(4,7-3)11-14/h5-6,14H,1-2,7-11H2,3-4H3. The summed E-state index contributed by atoms with van der Waals surface area (Å²) >= 11 is 0. The summed E-state index contributed by atoms with van der Waals surface area (Å²) in [6.07, 6.45) is 4.75. The summed E-state index contributed by atoms with van der Waals surface area (Å²) in [5.41, 5.74) is -0.00792. The maximum atomic E-state index is 9.29. The van der Waals surface area contributed by atoms with Gasteiger partial charge in [-0.05, 0) is 6.42 Å². The fraction of sp³-hybridized carbons (Fsp3) is 0.667. The molecule has 0 aromatic heterocycles. The molecule has 0 aromatic carbocycles. The number of aliphatic hydroxyl groups excluding tert-OH is 1. The van der Waals surface area contributed by atoms with Gasteiger partial charge in [-0.25, -0.2) is 0 Å². The fourth-order valence-corrected chi connectivity index (χ4v) is 1.38. The summed E-state index contributed by atoms with van der Waals surface area (Å²) in [5, 5.41) is 9.29. The maximum absolute atomic E-state index is 9.29. The third kappa shape index (κ3) is 4.58. The van der Waals surface area contributed by atoms with E-state index in [4.69, 9.17) is 0 Å². The molecular weight excluding hydrogens is 174 g/mol. The van der Waals surface area contributed by atoms with Gasteiger partial charge in [-0.3, -0.25) is 4.90 Å². The highest BCUT2D eigenvalue weighted by atomic mass is 16.3. The summed E-state index contributed by atoms with van der Waals surface area (Å²) in [5.74, 6) is 0. The Morgan fingerprint density at radius 3 is 2.07 bits per heavy atom. The highest BCUT2D eigenvalue weighted by Gasteiger charge is 2.23. The van der Waals surface area contributed by atoms with Crippen LogP contribution in [0.2, 0.25) is 0 Å². The van der Waals surface area contributed by atoms with Crippen LogP contribution in [0.3, 0.4) is 0 Å². The van der Waals surface area contributed by atoms with Crippen LogP contribution >= 0.6 is 0 Å². The van der Waals surface area contributed by atoms with Crippen molar-refractivity contribution in [2.45, 2.75) is 20.3 Å². The van der Waals surface area contributed by atoms with Crippen molar-refractivity contribution in [1.82, 2.24) is 4.90 Å². The van der Waals surface area contributed by atoms with Crippen molar-refractivity contribution >= 4 is 0 Å². The fourth-order valence-electron chi connectivity index (χ4n) is 1.38. The van der Waals surface area contributed by atoms with Gasteiger partial charge in [0.25, 0.3) is 0 Å². The van der Waals surface area contributed by atoms with Gasteiger partial charge in [-0.1, -0.05) is 26.0 Å². The Morgan fingerprint density at radius 2 is 1.79 bits per heavy atom. The van der Waals surface area contributed by atoms with E-state index in [9.17, 15) is 5.11 Å². The Morgan fingerprint density at radius 1 is 1.29 bits per heavy atom. The van der Waals surface area contributed by atoms with Crippen LogP contribution in [0.4, 0.5) is 0 Å². The topological polar surface area (TPSA) is 23.5 Å². The highest BCUT2D eigenvalue weighted by molar-refractivity contribution is 4.84. The van der Waals surface area contributed by atoms with E-state index in [1.54, 1.807) is 0 Å². The lowest BCUT2D eigenvalue weighted by Crippen LogP contribution is -2.38. The van der Waals surface area contributed by atoms with Gasteiger partial charge in [0.15, 0.2) is 0 Å². The summed E-state index contributed by atoms with van der Waals surface area (Å²) in [6, 6.07) is 0. The summed E-state index contributed by atoms with van der Waals surface area (Å²) in [4.78, 5) is 2.24. The van der Waals surface area contributed by atoms with Crippen molar-refractivity contribution in [2.75, 3.05) is 26.2 Å². The normalized spacial score (nSPS) is 15.1. The Kier molecular flexibility index (Phi) is 6.50. The molecular formula is C12H23NO. The van der Waals surface area contributed by atoms with Crippen LogP contribution in [-0.2, 0) is 0 Å². The zero-order valence-corrected chi connectivity index (χ0v) is 9.50. The molecule has 14 heavy (non-hydrogen) atoms. The predicted octanol–water partition coefficient (Wildman–Crippen LogP) is 2.07. The van der Waals surface area contributed by atoms with Crippen LogP contribution in [0.15, 0.2) is 25.3 Å². The van der Waals surface area contributed by atoms with Crippen molar-refractivity contribution in [3.05, 3.63) is 25.3 Å². The van der Waals surface area contributed by atoms with E-state index in [2.05, 4.69) is 31.9 Å². The molecule has 0 amide bonds. The third-order valence-electron chi connectivity index (χ3n) is 2.62. The Balaban J connectivity index is 4.23. The highest BCUT2D eigenvalue weighted by Crippen LogP contribution is 2.21. The number of aliphatic hydroxyl groups is 1. The molecule has 0 spiro atoms. The predicted molar refractivity (Wildman–Crippen MR) is 62.3 cm³/mol. The third-order valence-corrected chi connectivity index (χ3v) is 2.62. The van der Waals surface area contributed by atoms with Crippen molar-refractivity contribution in [3.8, 4) is 0 Å². The first-order valence-electron chi connectivity index (χ1n) is 5.17. The van der Waals surface area contributed by atoms with Gasteiger partial charge in [0, 0.05) is 31.7 Å². The van der Waals surface area contributed by atoms with Crippen LogP contribution in [-0.4, -0.2) is 36.2 Å². The molecule has 0 saturated heterocycles. The van der Waals surface area contributed by atoms with Gasteiger partial charge in [0.2, 0.25) is 0 Å². The van der Waals surface area contributed by atoms with Crippen molar-refractivity contribution in [2.24, 2.45) is 5.41 Å². The van der Waals surface area contributed by atoms with Crippen molar-refractivity contribution < 1.29 is 5.11 Å². The maximum Gasteiger partial charge on any atom is 0.0496 e. The Bertz CT molecular complexity index is 163. The van der Waals surface area contributed by atoms with E-state index in [0.29, 0.717) is 0 Å². The Labute approximate surface area is 87.9 Å². The number of nitrogens with zero attached hydrogens (tertiary/aromatic N) is 1. The summed E-state index contributed by atoms with van der Waals surface area (Å²) < 4.78 is 0. The molecule has 2 heteroatoms. The van der Waals surface area contributed by atoms with Crippen LogP contribution in [0.5, 0.6) is 0 Å². The molecule has 0 aromatic rings. The molecule has 0 radical (unpaired) electrons. The van der Waals surface area contributed by atoms with Crippen LogP contribution < -0.4 is 0 Å². The molecule has 1 unspecified atom stereocenters. The van der Waals surface area contributed by atoms with E-state index in [-0.39, 0.29) is 12.0 Å². The molecule has 0 aliphatic carbocycles. The van der Waals surface area contributed by atoms with E-state index in [1.165, 1.54) is 0 Å². The van der Waals surface area contributed by atoms with Crippen molar-refractivity contribution in [1.29, 1.82) is 0 Å². The quantitative estimate of drug-likeness (QED) is 0.602. The van der Waals surface area contributed by atoms with Gasteiger partial charge in [-0.2, -0.15) is 0 Å². The van der Waals surface area contributed by atoms with Crippen LogP contribution in [0.1, 0.15) is 20.3 Å². The van der Waals surface area contributed by atoms with Crippen LogP contribution in [0, 0.1) is 5.41 Å². The molecule has 82 valence electrons. The number of hydrogen-bond donors (Lipinski definition) is 1. The minimum atomic E-state index is -0.00792. The molecule has 0 aliphatic rings. The largest absolute Gasteiger partial charge is 0.396 e. The second-order valence-corrected chi connectivity index (χ2v) is 4.09. The Hall–Kier alpha value is -0.600. The second-order valence-electron chi connectivity index (χ2n) is 4.09. The monoisotopic (exact) mass is 197 g/mol. The average Bonchev–Trinajstić information content (AvgIpc) is 2.18. The first kappa shape index (κ1) is 13.4. The number of rotatable bonds is 8. The van der Waals surface area contributed by atoms with E-state index in [0.717, 1.165) is 26.1 Å². The van der Waals surface area contributed by atoms with Gasteiger partial charge >= 0.3 is 0 Å². The van der Waals surface area contributed by atoms with Gasteiger partial charge in [0.1, 0.15) is 0 Å². The van der Waals surface area contributed by atoms with E-state index < -0.39 is 0 Å². The molecule has 0 fully saturated rings. The second kappa shape index (κ2) is 6.80. The molecule has 1 N–H and O–H groups in total. The molecule has 0 bridgehead atoms. The average molecular weight is 197 g/mol. The lowest BCUT2D eigenvalue weighted by Gasteiger charge is -2.32. The van der Waals surface area contributed by atoms with Crippen LogP contribution in [0.25, 0.3) is 0 Å². The SMILES string of the molecule is C=CCN(CC=C)CC(C)(CC)CO. The van der Waals surface area contributed by atoms with Gasteiger partial charge < -0.3 is 5.11 Å². The van der Waals surface area contributed by atoms with E-state index in [1.807, 2.05) is 12.2 Å². The zero-order valence-electron chi connectivity index (χ0n) is 9.50. The molecule has 0 rings (SSSR count). The smallest absolute Gasteiger partial charge is 0.0496 e. The first-order valence-corrected chi connectivity index (χ1v) is 5.17. The van der Waals surface area contributed by atoms with E-state index >= 15 is 0 Å². The van der Waals surface area contributed by atoms with Gasteiger partial charge in [-0.15, -0.1) is 13.2 Å². The van der Waals surface area contributed by atoms with Crippen molar-refractivity contribution in [3.63, 3.8) is 0 Å². The molecule has 1 atom stereocenters. The lowest BCUT2D eigenvalue weighted by molar-refractivity contribution is 0.0945. The lowest BCUT2D eigenvalue weighted by atomic mass is 9.88. The molecule has 0 saturated carbocycles. The van der Waals surface area contributed by atoms with Gasteiger partial charge in [0.05, 0.1) is 0 Å². The zero-order chi connectivity index (χ0) is 11.0. The number of hydrogen-bond acceptors (Lipinski definition) is 2. The summed E-state index contributed by atoms with van der Waals surface area (Å²) in [6.45, 7) is 14.5. The molecule has 2 nitrogen and oxygen atoms in total. The minimum Gasteiger partial charge on any atom is -0.396 e. The molecule has 0 heterocycles. The first-order chi connectivity index (χ1) is 6.61. The minimum absolute atomic E-state index is 0.00792.